The first kappa shape index (κ1) is 15.9. The minimum Gasteiger partial charge on any atom is -0.304 e. The third kappa shape index (κ3) is 3.60. The van der Waals surface area contributed by atoms with E-state index in [0.29, 0.717) is 10.7 Å². The predicted molar refractivity (Wildman–Crippen MR) is 81.9 cm³/mol. The summed E-state index contributed by atoms with van der Waals surface area (Å²) >= 11 is 6.28. The highest BCUT2D eigenvalue weighted by Crippen LogP contribution is 2.28. The van der Waals surface area contributed by atoms with Gasteiger partial charge in [-0.05, 0) is 31.5 Å². The first-order valence-electron chi connectivity index (χ1n) is 7.24. The maximum absolute atomic E-state index is 14.1. The van der Waals surface area contributed by atoms with Crippen molar-refractivity contribution in [2.24, 2.45) is 0 Å². The molecule has 2 aromatic rings. The molecule has 0 aliphatic rings. The van der Waals surface area contributed by atoms with Crippen LogP contribution in [0.4, 0.5) is 4.39 Å². The van der Waals surface area contributed by atoms with Crippen molar-refractivity contribution in [3.63, 3.8) is 0 Å². The molecule has 6 heteroatoms. The number of pyridine rings is 1. The Morgan fingerprint density at radius 3 is 2.86 bits per heavy atom. The van der Waals surface area contributed by atoms with E-state index in [2.05, 4.69) is 29.2 Å². The molecule has 2 aromatic heterocycles. The summed E-state index contributed by atoms with van der Waals surface area (Å²) < 4.78 is 16.0. The molecule has 0 radical (unpaired) electrons. The number of rotatable bonds is 7. The fraction of sp³-hybridized carbons (Fsp3) is 0.467. The molecule has 0 saturated heterocycles. The Morgan fingerprint density at radius 2 is 2.19 bits per heavy atom. The van der Waals surface area contributed by atoms with Gasteiger partial charge in [-0.25, -0.2) is 4.39 Å². The molecule has 0 spiro atoms. The number of nitrogens with one attached hydrogen (secondary N) is 1. The van der Waals surface area contributed by atoms with Crippen LogP contribution in [0.5, 0.6) is 0 Å². The van der Waals surface area contributed by atoms with Gasteiger partial charge in [0.1, 0.15) is 5.82 Å². The van der Waals surface area contributed by atoms with E-state index in [1.165, 1.54) is 6.07 Å². The fourth-order valence-corrected chi connectivity index (χ4v) is 2.52. The van der Waals surface area contributed by atoms with Crippen molar-refractivity contribution in [2.75, 3.05) is 6.54 Å². The first-order valence-corrected chi connectivity index (χ1v) is 7.61. The van der Waals surface area contributed by atoms with Gasteiger partial charge < -0.3 is 5.32 Å². The zero-order valence-electron chi connectivity index (χ0n) is 12.3. The van der Waals surface area contributed by atoms with Crippen LogP contribution in [0.2, 0.25) is 5.02 Å². The molecular formula is C15H20ClFN4. The van der Waals surface area contributed by atoms with Crippen LogP contribution in [0, 0.1) is 5.82 Å². The minimum absolute atomic E-state index is 0.341. The van der Waals surface area contributed by atoms with Crippen LogP contribution < -0.4 is 5.32 Å². The topological polar surface area (TPSA) is 42.7 Å². The Balaban J connectivity index is 2.45. The molecule has 2 heterocycles. The zero-order valence-corrected chi connectivity index (χ0v) is 13.1. The summed E-state index contributed by atoms with van der Waals surface area (Å²) in [7, 11) is 0. The molecule has 0 saturated carbocycles. The van der Waals surface area contributed by atoms with Gasteiger partial charge in [-0.15, -0.1) is 0 Å². The van der Waals surface area contributed by atoms with Gasteiger partial charge in [-0.3, -0.25) is 9.67 Å². The Labute approximate surface area is 129 Å². The SMILES string of the molecule is CCCNC(c1ncccc1F)c1c(Cl)cnn1CCC. The van der Waals surface area contributed by atoms with Crippen LogP contribution in [0.3, 0.4) is 0 Å². The van der Waals surface area contributed by atoms with Crippen molar-refractivity contribution >= 4 is 11.6 Å². The summed E-state index contributed by atoms with van der Waals surface area (Å²) in [6.07, 6.45) is 5.06. The lowest BCUT2D eigenvalue weighted by molar-refractivity contribution is 0.484. The van der Waals surface area contributed by atoms with E-state index in [-0.39, 0.29) is 5.82 Å². The van der Waals surface area contributed by atoms with Crippen molar-refractivity contribution in [1.82, 2.24) is 20.1 Å². The first-order chi connectivity index (χ1) is 10.2. The Hall–Kier alpha value is -1.46. The summed E-state index contributed by atoms with van der Waals surface area (Å²) in [5.41, 5.74) is 1.12. The average Bonchev–Trinajstić information content (AvgIpc) is 2.83. The average molecular weight is 311 g/mol. The minimum atomic E-state index is -0.396. The molecule has 21 heavy (non-hydrogen) atoms. The molecule has 1 atom stereocenters. The molecule has 0 bridgehead atoms. The van der Waals surface area contributed by atoms with Crippen LogP contribution in [0.15, 0.2) is 24.5 Å². The summed E-state index contributed by atoms with van der Waals surface area (Å²) in [4.78, 5) is 4.19. The van der Waals surface area contributed by atoms with Gasteiger partial charge in [0.15, 0.2) is 0 Å². The Bertz CT molecular complexity index is 585. The molecule has 2 rings (SSSR count). The van der Waals surface area contributed by atoms with Crippen molar-refractivity contribution in [3.8, 4) is 0 Å². The molecular weight excluding hydrogens is 291 g/mol. The van der Waals surface area contributed by atoms with Gasteiger partial charge in [0.25, 0.3) is 0 Å². The molecule has 0 aliphatic carbocycles. The van der Waals surface area contributed by atoms with Crippen LogP contribution in [-0.2, 0) is 6.54 Å². The molecule has 0 aromatic carbocycles. The number of halogens is 2. The summed E-state index contributed by atoms with van der Waals surface area (Å²) in [5.74, 6) is -0.341. The smallest absolute Gasteiger partial charge is 0.146 e. The Kier molecular flexibility index (Phi) is 5.70. The lowest BCUT2D eigenvalue weighted by Gasteiger charge is -2.20. The number of aryl methyl sites for hydroxylation is 1. The highest BCUT2D eigenvalue weighted by molar-refractivity contribution is 6.31. The summed E-state index contributed by atoms with van der Waals surface area (Å²) in [6, 6.07) is 2.60. The fourth-order valence-electron chi connectivity index (χ4n) is 2.27. The molecule has 0 aliphatic heterocycles. The van der Waals surface area contributed by atoms with E-state index in [0.717, 1.165) is 31.6 Å². The van der Waals surface area contributed by atoms with Gasteiger partial charge in [-0.1, -0.05) is 25.4 Å². The van der Waals surface area contributed by atoms with Crippen LogP contribution in [0.25, 0.3) is 0 Å². The maximum Gasteiger partial charge on any atom is 0.146 e. The van der Waals surface area contributed by atoms with Gasteiger partial charge >= 0.3 is 0 Å². The van der Waals surface area contributed by atoms with Gasteiger partial charge in [0, 0.05) is 12.7 Å². The molecule has 0 fully saturated rings. The maximum atomic E-state index is 14.1. The zero-order chi connectivity index (χ0) is 15.2. The lowest BCUT2D eigenvalue weighted by atomic mass is 10.1. The number of hydrogen-bond donors (Lipinski definition) is 1. The van der Waals surface area contributed by atoms with Gasteiger partial charge in [0.05, 0.1) is 28.6 Å². The standard InChI is InChI=1S/C15H20ClFN4/c1-3-7-18-14(13-12(17)6-5-8-19-13)15-11(16)10-20-21(15)9-4-2/h5-6,8,10,14,18H,3-4,7,9H2,1-2H3. The third-order valence-electron chi connectivity index (χ3n) is 3.20. The van der Waals surface area contributed by atoms with Crippen molar-refractivity contribution < 1.29 is 4.39 Å². The van der Waals surface area contributed by atoms with E-state index in [4.69, 9.17) is 11.6 Å². The van der Waals surface area contributed by atoms with Crippen molar-refractivity contribution in [2.45, 2.75) is 39.3 Å². The van der Waals surface area contributed by atoms with Gasteiger partial charge in [0.2, 0.25) is 0 Å². The Morgan fingerprint density at radius 1 is 1.38 bits per heavy atom. The second kappa shape index (κ2) is 7.52. The summed E-state index contributed by atoms with van der Waals surface area (Å²) in [6.45, 7) is 5.61. The third-order valence-corrected chi connectivity index (χ3v) is 3.49. The van der Waals surface area contributed by atoms with Crippen molar-refractivity contribution in [1.29, 1.82) is 0 Å². The normalized spacial score (nSPS) is 12.6. The highest BCUT2D eigenvalue weighted by Gasteiger charge is 2.25. The second-order valence-electron chi connectivity index (χ2n) is 4.86. The van der Waals surface area contributed by atoms with E-state index >= 15 is 0 Å². The molecule has 0 amide bonds. The molecule has 114 valence electrons. The van der Waals surface area contributed by atoms with Crippen molar-refractivity contribution in [3.05, 3.63) is 46.8 Å². The second-order valence-corrected chi connectivity index (χ2v) is 5.27. The van der Waals surface area contributed by atoms with Crippen LogP contribution in [0.1, 0.15) is 44.1 Å². The van der Waals surface area contributed by atoms with Gasteiger partial charge in [-0.2, -0.15) is 5.10 Å². The highest BCUT2D eigenvalue weighted by atomic mass is 35.5. The predicted octanol–water partition coefficient (Wildman–Crippen LogP) is 3.57. The van der Waals surface area contributed by atoms with E-state index < -0.39 is 6.04 Å². The molecule has 1 unspecified atom stereocenters. The number of hydrogen-bond acceptors (Lipinski definition) is 3. The van der Waals surface area contributed by atoms with E-state index in [1.807, 2.05) is 4.68 Å². The lowest BCUT2D eigenvalue weighted by Crippen LogP contribution is -2.28. The monoisotopic (exact) mass is 310 g/mol. The largest absolute Gasteiger partial charge is 0.304 e. The molecule has 4 nitrogen and oxygen atoms in total. The van der Waals surface area contributed by atoms with E-state index in [1.54, 1.807) is 18.5 Å². The molecule has 1 N–H and O–H groups in total. The quantitative estimate of drug-likeness (QED) is 0.850. The number of nitrogens with zero attached hydrogens (tertiary/aromatic N) is 3. The van der Waals surface area contributed by atoms with Crippen LogP contribution in [-0.4, -0.2) is 21.3 Å². The summed E-state index contributed by atoms with van der Waals surface area (Å²) in [5, 5.41) is 8.13. The van der Waals surface area contributed by atoms with Crippen LogP contribution >= 0.6 is 11.6 Å². The van der Waals surface area contributed by atoms with E-state index in [9.17, 15) is 4.39 Å². The number of aromatic nitrogens is 3.